The Morgan fingerprint density at radius 3 is 2.74 bits per heavy atom. The van der Waals surface area contributed by atoms with Crippen LogP contribution in [0.2, 0.25) is 0 Å². The maximum Gasteiger partial charge on any atom is 0.157 e. The number of ketones is 1. The number of nitrogens with zero attached hydrogens (tertiary/aromatic N) is 2. The molecule has 0 N–H and O–H groups in total. The molecule has 1 aromatic rings. The second-order valence-corrected chi connectivity index (χ2v) is 12.1. The molecular weight excluding hydrogens is 384 g/mol. The van der Waals surface area contributed by atoms with Crippen molar-refractivity contribution in [1.82, 2.24) is 9.78 Å². The van der Waals surface area contributed by atoms with Crippen LogP contribution in [0.5, 0.6) is 0 Å². The molecule has 1 aromatic heterocycles. The van der Waals surface area contributed by atoms with Crippen LogP contribution in [0.1, 0.15) is 77.2 Å². The Morgan fingerprint density at radius 1 is 1.16 bits per heavy atom. The van der Waals surface area contributed by atoms with Crippen molar-refractivity contribution < 1.29 is 9.53 Å². The van der Waals surface area contributed by atoms with Crippen LogP contribution >= 0.6 is 0 Å². The highest BCUT2D eigenvalue weighted by molar-refractivity contribution is 5.82. The van der Waals surface area contributed by atoms with E-state index in [0.717, 1.165) is 42.3 Å². The highest BCUT2D eigenvalue weighted by Gasteiger charge is 2.62. The number of Topliss-reactive ketones (excluding diaryl/α,β-unsaturated/α-hetero) is 1. The lowest BCUT2D eigenvalue weighted by Crippen LogP contribution is -2.56. The average Bonchev–Trinajstić information content (AvgIpc) is 3.30. The van der Waals surface area contributed by atoms with Crippen LogP contribution in [0.3, 0.4) is 0 Å². The Bertz CT molecular complexity index is 818. The summed E-state index contributed by atoms with van der Waals surface area (Å²) in [7, 11) is 1.92. The minimum Gasteiger partial charge on any atom is -0.384 e. The fourth-order valence-corrected chi connectivity index (χ4v) is 9.17. The lowest BCUT2D eigenvalue weighted by Gasteiger charge is -2.61. The summed E-state index contributed by atoms with van der Waals surface area (Å²) in [6.45, 7) is 8.36. The van der Waals surface area contributed by atoms with Gasteiger partial charge in [0.1, 0.15) is 0 Å². The van der Waals surface area contributed by atoms with Gasteiger partial charge in [0.15, 0.2) is 5.78 Å². The Labute approximate surface area is 188 Å². The van der Waals surface area contributed by atoms with E-state index in [9.17, 15) is 4.79 Å². The third-order valence-electron chi connectivity index (χ3n) is 10.5. The standard InChI is InChI=1S/C27H42N2O2/c1-18-9-12-27(17-31-4)20(13-18)5-6-21-22-7-8-24(26(22,3)11-10-23(21)27)25(30)16-29-15-19(2)14-28-29/h14-15,18,20-24H,5-13,16-17H2,1-4H3. The summed E-state index contributed by atoms with van der Waals surface area (Å²) >= 11 is 0. The molecule has 4 aliphatic carbocycles. The van der Waals surface area contributed by atoms with Crippen LogP contribution in [-0.2, 0) is 16.1 Å². The molecular formula is C27H42N2O2. The number of rotatable bonds is 5. The number of hydrogen-bond donors (Lipinski definition) is 0. The summed E-state index contributed by atoms with van der Waals surface area (Å²) in [5, 5.41) is 4.38. The van der Waals surface area contributed by atoms with Gasteiger partial charge in [-0.2, -0.15) is 5.10 Å². The van der Waals surface area contributed by atoms with Crippen LogP contribution in [-0.4, -0.2) is 29.3 Å². The van der Waals surface area contributed by atoms with Gasteiger partial charge in [-0.15, -0.1) is 0 Å². The normalized spacial score (nSPS) is 44.4. The number of aromatic nitrogens is 2. The second-order valence-electron chi connectivity index (χ2n) is 12.1. The summed E-state index contributed by atoms with van der Waals surface area (Å²) in [4.78, 5) is 13.4. The maximum absolute atomic E-state index is 13.4. The van der Waals surface area contributed by atoms with Crippen LogP contribution in [0.25, 0.3) is 0 Å². The van der Waals surface area contributed by atoms with Crippen molar-refractivity contribution >= 4 is 5.78 Å². The summed E-state index contributed by atoms with van der Waals surface area (Å²) in [5.41, 5.74) is 1.72. The van der Waals surface area contributed by atoms with Crippen LogP contribution in [0, 0.1) is 53.3 Å². The first kappa shape index (κ1) is 21.7. The van der Waals surface area contributed by atoms with Crippen LogP contribution < -0.4 is 0 Å². The quantitative estimate of drug-likeness (QED) is 0.608. The first-order valence-corrected chi connectivity index (χ1v) is 12.9. The highest BCUT2D eigenvalue weighted by atomic mass is 16.5. The van der Waals surface area contributed by atoms with Crippen LogP contribution in [0.15, 0.2) is 12.4 Å². The van der Waals surface area contributed by atoms with Gasteiger partial charge < -0.3 is 4.74 Å². The van der Waals surface area contributed by atoms with E-state index in [1.165, 1.54) is 51.4 Å². The van der Waals surface area contributed by atoms with E-state index in [-0.39, 0.29) is 11.3 Å². The fraction of sp³-hybridized carbons (Fsp3) is 0.852. The molecule has 172 valence electrons. The number of ether oxygens (including phenoxy) is 1. The largest absolute Gasteiger partial charge is 0.384 e. The summed E-state index contributed by atoms with van der Waals surface area (Å²) in [5.74, 6) is 4.67. The predicted octanol–water partition coefficient (Wildman–Crippen LogP) is 5.68. The van der Waals surface area contributed by atoms with E-state index < -0.39 is 0 Å². The van der Waals surface area contributed by atoms with E-state index in [1.54, 1.807) is 0 Å². The van der Waals surface area contributed by atoms with Gasteiger partial charge in [0.05, 0.1) is 19.3 Å². The van der Waals surface area contributed by atoms with Crippen molar-refractivity contribution in [2.45, 2.75) is 85.1 Å². The van der Waals surface area contributed by atoms with Gasteiger partial charge in [0.2, 0.25) is 0 Å². The van der Waals surface area contributed by atoms with E-state index >= 15 is 0 Å². The minimum absolute atomic E-state index is 0.184. The number of aryl methyl sites for hydroxylation is 1. The molecule has 5 rings (SSSR count). The van der Waals surface area contributed by atoms with Crippen molar-refractivity contribution in [2.24, 2.45) is 46.3 Å². The lowest BCUT2D eigenvalue weighted by atomic mass is 9.44. The van der Waals surface area contributed by atoms with Gasteiger partial charge in [-0.3, -0.25) is 9.48 Å². The smallest absolute Gasteiger partial charge is 0.157 e. The Balaban J connectivity index is 1.37. The zero-order valence-electron chi connectivity index (χ0n) is 20.1. The molecule has 0 aromatic carbocycles. The van der Waals surface area contributed by atoms with E-state index in [0.29, 0.717) is 23.7 Å². The Hall–Kier alpha value is -1.16. The molecule has 0 bridgehead atoms. The molecule has 8 atom stereocenters. The topological polar surface area (TPSA) is 44.1 Å². The van der Waals surface area contributed by atoms with Crippen molar-refractivity contribution in [1.29, 1.82) is 0 Å². The summed E-state index contributed by atoms with van der Waals surface area (Å²) < 4.78 is 7.78. The molecule has 0 amide bonds. The molecule has 4 nitrogen and oxygen atoms in total. The molecule has 0 saturated heterocycles. The summed E-state index contributed by atoms with van der Waals surface area (Å²) in [6.07, 6.45) is 15.6. The zero-order valence-corrected chi connectivity index (χ0v) is 20.1. The minimum atomic E-state index is 0.184. The van der Waals surface area contributed by atoms with Crippen molar-refractivity contribution in [3.8, 4) is 0 Å². The number of carbonyl (C=O) groups excluding carboxylic acids is 1. The second kappa shape index (κ2) is 8.01. The monoisotopic (exact) mass is 426 g/mol. The molecule has 4 fully saturated rings. The van der Waals surface area contributed by atoms with Gasteiger partial charge >= 0.3 is 0 Å². The zero-order chi connectivity index (χ0) is 21.8. The molecule has 0 spiro atoms. The van der Waals surface area contributed by atoms with Crippen molar-refractivity contribution in [3.63, 3.8) is 0 Å². The molecule has 4 heteroatoms. The number of methoxy groups -OCH3 is 1. The number of hydrogen-bond acceptors (Lipinski definition) is 3. The van der Waals surface area contributed by atoms with E-state index in [1.807, 2.05) is 31.1 Å². The Kier molecular flexibility index (Phi) is 5.60. The van der Waals surface area contributed by atoms with Gasteiger partial charge in [-0.05, 0) is 104 Å². The molecule has 31 heavy (non-hydrogen) atoms. The van der Waals surface area contributed by atoms with Crippen molar-refractivity contribution in [2.75, 3.05) is 13.7 Å². The molecule has 1 heterocycles. The maximum atomic E-state index is 13.4. The third-order valence-corrected chi connectivity index (χ3v) is 10.5. The number of carbonyl (C=O) groups is 1. The molecule has 8 unspecified atom stereocenters. The molecule has 0 radical (unpaired) electrons. The average molecular weight is 427 g/mol. The SMILES string of the molecule is COCC12CCC(C)CC1CCC1C3CCC(C(=O)Cn4cc(C)cn4)C3(C)CCC12. The summed E-state index contributed by atoms with van der Waals surface area (Å²) in [6, 6.07) is 0. The van der Waals surface area contributed by atoms with E-state index in [4.69, 9.17) is 4.74 Å². The predicted molar refractivity (Wildman–Crippen MR) is 123 cm³/mol. The molecule has 4 aliphatic rings. The first-order valence-electron chi connectivity index (χ1n) is 12.9. The van der Waals surface area contributed by atoms with Gasteiger partial charge in [-0.1, -0.05) is 20.3 Å². The van der Waals surface area contributed by atoms with E-state index in [2.05, 4.69) is 18.9 Å². The lowest BCUT2D eigenvalue weighted by molar-refractivity contribution is -0.154. The molecule has 4 saturated carbocycles. The molecule has 0 aliphatic heterocycles. The number of fused-ring (bicyclic) bond motifs is 5. The third kappa shape index (κ3) is 3.43. The van der Waals surface area contributed by atoms with Crippen molar-refractivity contribution in [3.05, 3.63) is 18.0 Å². The Morgan fingerprint density at radius 2 is 2.00 bits per heavy atom. The van der Waals surface area contributed by atoms with Gasteiger partial charge in [0, 0.05) is 19.2 Å². The highest BCUT2D eigenvalue weighted by Crippen LogP contribution is 2.68. The van der Waals surface area contributed by atoms with Gasteiger partial charge in [-0.25, -0.2) is 0 Å². The first-order chi connectivity index (χ1) is 14.9. The fourth-order valence-electron chi connectivity index (χ4n) is 9.17. The van der Waals surface area contributed by atoms with Crippen LogP contribution in [0.4, 0.5) is 0 Å². The van der Waals surface area contributed by atoms with Gasteiger partial charge in [0.25, 0.3) is 0 Å².